The van der Waals surface area contributed by atoms with Crippen LogP contribution < -0.4 is 4.74 Å². The van der Waals surface area contributed by atoms with Gasteiger partial charge in [-0.05, 0) is 66.3 Å². The monoisotopic (exact) mass is 544 g/mol. The van der Waals surface area contributed by atoms with Crippen molar-refractivity contribution in [3.05, 3.63) is 99.9 Å². The molecular formula is C32H33F5O2. The van der Waals surface area contributed by atoms with Gasteiger partial charge < -0.3 is 4.74 Å². The van der Waals surface area contributed by atoms with Crippen LogP contribution in [0.15, 0.2) is 48.5 Å². The molecular weight excluding hydrogens is 511 g/mol. The van der Waals surface area contributed by atoms with Gasteiger partial charge in [-0.25, -0.2) is 26.7 Å². The molecule has 0 radical (unpaired) electrons. The van der Waals surface area contributed by atoms with Gasteiger partial charge in [0.25, 0.3) is 0 Å². The zero-order chi connectivity index (χ0) is 27.9. The smallest absolute Gasteiger partial charge is 0.349 e. The van der Waals surface area contributed by atoms with E-state index in [9.17, 15) is 26.7 Å². The van der Waals surface area contributed by atoms with Gasteiger partial charge in [0.05, 0.1) is 0 Å². The predicted octanol–water partition coefficient (Wildman–Crippen LogP) is 8.93. The van der Waals surface area contributed by atoms with Crippen LogP contribution in [-0.4, -0.2) is 5.97 Å². The van der Waals surface area contributed by atoms with Gasteiger partial charge >= 0.3 is 5.97 Å². The lowest BCUT2D eigenvalue weighted by Crippen LogP contribution is -2.15. The number of rotatable bonds is 10. The Morgan fingerprint density at radius 3 is 1.72 bits per heavy atom. The van der Waals surface area contributed by atoms with E-state index < -0.39 is 46.4 Å². The van der Waals surface area contributed by atoms with Crippen LogP contribution in [0, 0.1) is 40.9 Å². The Balaban J connectivity index is 1.29. The molecule has 208 valence electrons. The van der Waals surface area contributed by atoms with Crippen LogP contribution in [0.3, 0.4) is 0 Å². The second-order valence-electron chi connectivity index (χ2n) is 10.6. The van der Waals surface area contributed by atoms with Crippen LogP contribution >= 0.6 is 0 Å². The van der Waals surface area contributed by atoms with Gasteiger partial charge in [-0.15, -0.1) is 0 Å². The SMILES string of the molecule is CCCC1CCC(CCc2ccc(CCc3cc(F)c(C(=O)Oc4cc(F)c(F)c(F)c4)c(F)c3)cc2)CC1. The molecule has 0 N–H and O–H groups in total. The number of aryl methyl sites for hydroxylation is 3. The summed E-state index contributed by atoms with van der Waals surface area (Å²) in [7, 11) is 0. The largest absolute Gasteiger partial charge is 0.423 e. The second kappa shape index (κ2) is 13.2. The number of hydrogen-bond donors (Lipinski definition) is 0. The highest BCUT2D eigenvalue weighted by molar-refractivity contribution is 5.91. The minimum absolute atomic E-state index is 0.345. The Kier molecular flexibility index (Phi) is 9.76. The second-order valence-corrected chi connectivity index (χ2v) is 10.6. The summed E-state index contributed by atoms with van der Waals surface area (Å²) in [6.45, 7) is 2.26. The number of esters is 1. The van der Waals surface area contributed by atoms with E-state index in [0.717, 1.165) is 36.0 Å². The van der Waals surface area contributed by atoms with E-state index in [2.05, 4.69) is 23.8 Å². The number of carbonyl (C=O) groups is 1. The van der Waals surface area contributed by atoms with Crippen molar-refractivity contribution in [3.63, 3.8) is 0 Å². The normalized spacial score (nSPS) is 17.3. The molecule has 39 heavy (non-hydrogen) atoms. The van der Waals surface area contributed by atoms with Crippen LogP contribution in [0.1, 0.15) is 78.9 Å². The average molecular weight is 545 g/mol. The summed E-state index contributed by atoms with van der Waals surface area (Å²) in [4.78, 5) is 12.2. The molecule has 0 saturated heterocycles. The van der Waals surface area contributed by atoms with E-state index in [1.54, 1.807) is 0 Å². The number of ether oxygens (including phenoxy) is 1. The van der Waals surface area contributed by atoms with Gasteiger partial charge in [0.2, 0.25) is 0 Å². The summed E-state index contributed by atoms with van der Waals surface area (Å²) < 4.78 is 73.7. The summed E-state index contributed by atoms with van der Waals surface area (Å²) in [5.74, 6) is -7.70. The lowest BCUT2D eigenvalue weighted by atomic mass is 9.78. The minimum Gasteiger partial charge on any atom is -0.423 e. The molecule has 1 aliphatic carbocycles. The van der Waals surface area contributed by atoms with E-state index in [1.807, 2.05) is 12.1 Å². The fourth-order valence-electron chi connectivity index (χ4n) is 5.46. The Labute approximate surface area is 226 Å². The molecule has 0 unspecified atom stereocenters. The van der Waals surface area contributed by atoms with E-state index in [0.29, 0.717) is 30.5 Å². The molecule has 0 heterocycles. The van der Waals surface area contributed by atoms with Crippen molar-refractivity contribution >= 4 is 5.97 Å². The fraction of sp³-hybridized carbons (Fsp3) is 0.406. The van der Waals surface area contributed by atoms with Crippen molar-refractivity contribution in [1.29, 1.82) is 0 Å². The van der Waals surface area contributed by atoms with Gasteiger partial charge in [-0.3, -0.25) is 0 Å². The molecule has 0 bridgehead atoms. The maximum atomic E-state index is 14.6. The zero-order valence-corrected chi connectivity index (χ0v) is 22.1. The molecule has 1 aliphatic rings. The van der Waals surface area contributed by atoms with Gasteiger partial charge in [0.1, 0.15) is 22.9 Å². The zero-order valence-electron chi connectivity index (χ0n) is 22.1. The van der Waals surface area contributed by atoms with Crippen LogP contribution in [0.2, 0.25) is 0 Å². The molecule has 3 aromatic carbocycles. The molecule has 0 aliphatic heterocycles. The number of hydrogen-bond acceptors (Lipinski definition) is 2. The van der Waals surface area contributed by atoms with Crippen molar-refractivity contribution in [2.45, 2.75) is 71.1 Å². The molecule has 7 heteroatoms. The lowest BCUT2D eigenvalue weighted by Gasteiger charge is -2.28. The summed E-state index contributed by atoms with van der Waals surface area (Å²) in [5, 5.41) is 0. The van der Waals surface area contributed by atoms with Crippen LogP contribution in [0.25, 0.3) is 0 Å². The highest BCUT2D eigenvalue weighted by Gasteiger charge is 2.23. The van der Waals surface area contributed by atoms with Gasteiger partial charge in [-0.2, -0.15) is 0 Å². The third kappa shape index (κ3) is 7.68. The van der Waals surface area contributed by atoms with Crippen LogP contribution in [-0.2, 0) is 19.3 Å². The Hall–Kier alpha value is -3.22. The van der Waals surface area contributed by atoms with Crippen molar-refractivity contribution in [2.75, 3.05) is 0 Å². The van der Waals surface area contributed by atoms with Gasteiger partial charge in [0, 0.05) is 12.1 Å². The maximum absolute atomic E-state index is 14.6. The standard InChI is InChI=1S/C32H33F5O2/c1-2-3-20-4-6-21(7-5-20)8-9-22-10-12-23(13-11-22)14-15-24-16-26(33)30(27(34)17-24)32(38)39-25-18-28(35)31(37)29(36)19-25/h10-13,16-21H,2-9,14-15H2,1H3. The first-order valence-corrected chi connectivity index (χ1v) is 13.7. The number of benzene rings is 3. The maximum Gasteiger partial charge on any atom is 0.349 e. The molecule has 0 atom stereocenters. The highest BCUT2D eigenvalue weighted by Crippen LogP contribution is 2.34. The molecule has 1 saturated carbocycles. The molecule has 2 nitrogen and oxygen atoms in total. The molecule has 4 rings (SSSR count). The fourth-order valence-corrected chi connectivity index (χ4v) is 5.46. The van der Waals surface area contributed by atoms with Gasteiger partial charge in [0.15, 0.2) is 17.5 Å². The third-order valence-corrected chi connectivity index (χ3v) is 7.70. The molecule has 0 spiro atoms. The third-order valence-electron chi connectivity index (χ3n) is 7.70. The quantitative estimate of drug-likeness (QED) is 0.110. The summed E-state index contributed by atoms with van der Waals surface area (Å²) in [6, 6.07) is 11.2. The van der Waals surface area contributed by atoms with E-state index in [1.165, 1.54) is 50.5 Å². The Morgan fingerprint density at radius 1 is 0.692 bits per heavy atom. The van der Waals surface area contributed by atoms with Gasteiger partial charge in [-0.1, -0.05) is 69.7 Å². The highest BCUT2D eigenvalue weighted by atomic mass is 19.2. The van der Waals surface area contributed by atoms with E-state index in [-0.39, 0.29) is 0 Å². The van der Waals surface area contributed by atoms with E-state index >= 15 is 0 Å². The van der Waals surface area contributed by atoms with Crippen molar-refractivity contribution in [2.24, 2.45) is 11.8 Å². The Morgan fingerprint density at radius 2 is 1.18 bits per heavy atom. The number of halogens is 5. The number of carbonyl (C=O) groups excluding carboxylic acids is 1. The first-order valence-electron chi connectivity index (χ1n) is 13.7. The molecule has 0 aromatic heterocycles. The van der Waals surface area contributed by atoms with Crippen LogP contribution in [0.5, 0.6) is 5.75 Å². The van der Waals surface area contributed by atoms with Crippen molar-refractivity contribution in [1.82, 2.24) is 0 Å². The van der Waals surface area contributed by atoms with Crippen molar-refractivity contribution < 1.29 is 31.5 Å². The first-order chi connectivity index (χ1) is 18.7. The molecule has 0 amide bonds. The average Bonchev–Trinajstić information content (AvgIpc) is 2.90. The summed E-state index contributed by atoms with van der Waals surface area (Å²) in [6.07, 6.45) is 11.2. The van der Waals surface area contributed by atoms with Crippen LogP contribution in [0.4, 0.5) is 22.0 Å². The first kappa shape index (κ1) is 28.8. The molecule has 3 aromatic rings. The lowest BCUT2D eigenvalue weighted by molar-refractivity contribution is 0.0723. The summed E-state index contributed by atoms with van der Waals surface area (Å²) >= 11 is 0. The minimum atomic E-state index is -1.74. The predicted molar refractivity (Wildman–Crippen MR) is 140 cm³/mol. The Bertz CT molecular complexity index is 1230. The summed E-state index contributed by atoms with van der Waals surface area (Å²) in [5.41, 5.74) is 1.68. The molecule has 1 fully saturated rings. The van der Waals surface area contributed by atoms with Crippen molar-refractivity contribution in [3.8, 4) is 5.75 Å². The van der Waals surface area contributed by atoms with E-state index in [4.69, 9.17) is 0 Å². The topological polar surface area (TPSA) is 26.3 Å².